The minimum absolute atomic E-state index is 0.292. The second kappa shape index (κ2) is 3.97. The van der Waals surface area contributed by atoms with Crippen LogP contribution in [-0.2, 0) is 0 Å². The number of nitrogens with zero attached hydrogens (tertiary/aromatic N) is 1. The lowest BCUT2D eigenvalue weighted by molar-refractivity contribution is -0.0872. The first-order valence-corrected chi connectivity index (χ1v) is 1.87. The van der Waals surface area contributed by atoms with Crippen molar-refractivity contribution in [3.8, 4) is 0 Å². The summed E-state index contributed by atoms with van der Waals surface area (Å²) in [7, 11) is 0. The smallest absolute Gasteiger partial charge is 0.0237 e. The Morgan fingerprint density at radius 1 is 1.86 bits per heavy atom. The molecule has 0 aliphatic heterocycles. The summed E-state index contributed by atoms with van der Waals surface area (Å²) in [6.07, 6.45) is 0. The van der Waals surface area contributed by atoms with Crippen LogP contribution in [0.3, 0.4) is 0 Å². The van der Waals surface area contributed by atoms with Crippen LogP contribution in [0.5, 0.6) is 0 Å². The first-order chi connectivity index (χ1) is 3.27. The Morgan fingerprint density at radius 2 is 2.43 bits per heavy atom. The fraction of sp³-hybridized carbons (Fsp3) is 1.00. The summed E-state index contributed by atoms with van der Waals surface area (Å²) in [6, 6.07) is 0. The fourth-order valence-corrected chi connectivity index (χ4v) is 0.160. The Labute approximate surface area is 41.2 Å². The zero-order valence-corrected chi connectivity index (χ0v) is 3.79. The maximum atomic E-state index is 9.51. The van der Waals surface area contributed by atoms with Crippen LogP contribution in [0.25, 0.3) is 0 Å². The summed E-state index contributed by atoms with van der Waals surface area (Å²) in [5.74, 6) is 0. The van der Waals surface area contributed by atoms with Gasteiger partial charge in [-0.05, 0) is 0 Å². The molecule has 0 saturated carbocycles. The van der Waals surface area contributed by atoms with Gasteiger partial charge in [-0.2, -0.15) is 5.34 Å². The second-order valence-electron chi connectivity index (χ2n) is 0.970. The number of nitrogens with two attached hydrogens (primary N) is 1. The normalized spacial score (nSPS) is 10.3. The van der Waals surface area contributed by atoms with Crippen molar-refractivity contribution in [2.75, 3.05) is 13.1 Å². The van der Waals surface area contributed by atoms with Crippen molar-refractivity contribution < 1.29 is 5.21 Å². The van der Waals surface area contributed by atoms with E-state index in [0.29, 0.717) is 13.1 Å². The number of nitrogens with one attached hydrogen (secondary N) is 1. The van der Waals surface area contributed by atoms with E-state index in [0.717, 1.165) is 0 Å². The minimum atomic E-state index is -0.368. The molecular formula is C2H8N3O2-. The van der Waals surface area contributed by atoms with Crippen LogP contribution in [0.15, 0.2) is 0 Å². The van der Waals surface area contributed by atoms with Gasteiger partial charge in [-0.3, -0.25) is 0 Å². The summed E-state index contributed by atoms with van der Waals surface area (Å²) in [5, 5.41) is 16.9. The summed E-state index contributed by atoms with van der Waals surface area (Å²) in [4.78, 5) is 0. The SMILES string of the molecule is NCCNN([O-])O. The van der Waals surface area contributed by atoms with Crippen LogP contribution in [0.4, 0.5) is 0 Å². The van der Waals surface area contributed by atoms with Gasteiger partial charge in [-0.1, -0.05) is 0 Å². The fourth-order valence-electron chi connectivity index (χ4n) is 0.160. The molecular weight excluding hydrogens is 98.0 g/mol. The molecule has 4 N–H and O–H groups in total. The lowest BCUT2D eigenvalue weighted by Gasteiger charge is -2.18. The van der Waals surface area contributed by atoms with Gasteiger partial charge in [0.15, 0.2) is 0 Å². The zero-order valence-electron chi connectivity index (χ0n) is 3.79. The predicted molar refractivity (Wildman–Crippen MR) is 24.0 cm³/mol. The summed E-state index contributed by atoms with van der Waals surface area (Å²) < 4.78 is 0. The molecule has 0 aliphatic carbocycles. The van der Waals surface area contributed by atoms with Crippen molar-refractivity contribution in [3.05, 3.63) is 5.21 Å². The molecule has 0 heterocycles. The van der Waals surface area contributed by atoms with Gasteiger partial charge < -0.3 is 16.1 Å². The van der Waals surface area contributed by atoms with Crippen LogP contribution in [0, 0.1) is 5.21 Å². The standard InChI is InChI=1S/C2H8N3O2/c3-1-2-4-5(6)7/h4,6H,1-3H2/q-1. The molecule has 44 valence electrons. The number of rotatable bonds is 3. The Bertz CT molecular complexity index is 39.9. The Hall–Kier alpha value is -0.200. The summed E-state index contributed by atoms with van der Waals surface area (Å²) in [5.41, 5.74) is 6.94. The van der Waals surface area contributed by atoms with E-state index in [-0.39, 0.29) is 5.34 Å². The van der Waals surface area contributed by atoms with Gasteiger partial charge in [-0.15, -0.1) is 0 Å². The lowest BCUT2D eigenvalue weighted by atomic mass is 10.7. The molecule has 5 nitrogen and oxygen atoms in total. The molecule has 0 amide bonds. The van der Waals surface area contributed by atoms with E-state index >= 15 is 0 Å². The van der Waals surface area contributed by atoms with Crippen molar-refractivity contribution in [1.29, 1.82) is 0 Å². The molecule has 0 bridgehead atoms. The Kier molecular flexibility index (Phi) is 3.86. The van der Waals surface area contributed by atoms with Gasteiger partial charge in [0, 0.05) is 13.1 Å². The van der Waals surface area contributed by atoms with Gasteiger partial charge in [0.25, 0.3) is 0 Å². The van der Waals surface area contributed by atoms with E-state index < -0.39 is 0 Å². The molecule has 5 heteroatoms. The molecule has 0 rings (SSSR count). The van der Waals surface area contributed by atoms with Crippen LogP contribution in [0.2, 0.25) is 0 Å². The van der Waals surface area contributed by atoms with E-state index in [1.807, 2.05) is 5.43 Å². The molecule has 0 aromatic heterocycles. The highest BCUT2D eigenvalue weighted by Gasteiger charge is 1.76. The average molecular weight is 106 g/mol. The van der Waals surface area contributed by atoms with Crippen molar-refractivity contribution in [3.63, 3.8) is 0 Å². The number of hydrogen-bond acceptors (Lipinski definition) is 5. The zero-order chi connectivity index (χ0) is 5.70. The van der Waals surface area contributed by atoms with E-state index in [1.165, 1.54) is 0 Å². The Balaban J connectivity index is 2.68. The van der Waals surface area contributed by atoms with Crippen LogP contribution < -0.4 is 11.2 Å². The summed E-state index contributed by atoms with van der Waals surface area (Å²) in [6.45, 7) is 0.624. The predicted octanol–water partition coefficient (Wildman–Crippen LogP) is -1.36. The van der Waals surface area contributed by atoms with Crippen molar-refractivity contribution in [2.45, 2.75) is 0 Å². The molecule has 0 spiro atoms. The molecule has 0 atom stereocenters. The van der Waals surface area contributed by atoms with Gasteiger partial charge in [0.2, 0.25) is 0 Å². The van der Waals surface area contributed by atoms with E-state index in [9.17, 15) is 5.21 Å². The third-order valence-electron chi connectivity index (χ3n) is 0.391. The van der Waals surface area contributed by atoms with Crippen LogP contribution in [-0.4, -0.2) is 23.6 Å². The average Bonchev–Trinajstić information content (AvgIpc) is 1.61. The monoisotopic (exact) mass is 106 g/mol. The van der Waals surface area contributed by atoms with Gasteiger partial charge >= 0.3 is 0 Å². The second-order valence-corrected chi connectivity index (χ2v) is 0.970. The molecule has 0 aromatic carbocycles. The molecule has 0 aromatic rings. The third kappa shape index (κ3) is 5.80. The maximum Gasteiger partial charge on any atom is 0.0237 e. The van der Waals surface area contributed by atoms with E-state index in [2.05, 4.69) is 0 Å². The van der Waals surface area contributed by atoms with Gasteiger partial charge in [-0.25, -0.2) is 5.43 Å². The van der Waals surface area contributed by atoms with Crippen molar-refractivity contribution in [1.82, 2.24) is 10.8 Å². The first kappa shape index (κ1) is 6.80. The highest BCUT2D eigenvalue weighted by Crippen LogP contribution is 1.59. The molecule has 0 radical (unpaired) electrons. The van der Waals surface area contributed by atoms with Crippen molar-refractivity contribution >= 4 is 0 Å². The summed E-state index contributed by atoms with van der Waals surface area (Å²) >= 11 is 0. The van der Waals surface area contributed by atoms with E-state index in [1.54, 1.807) is 0 Å². The highest BCUT2D eigenvalue weighted by molar-refractivity contribution is 4.36. The van der Waals surface area contributed by atoms with Gasteiger partial charge in [0.05, 0.1) is 0 Å². The Morgan fingerprint density at radius 3 is 2.57 bits per heavy atom. The van der Waals surface area contributed by atoms with Crippen molar-refractivity contribution in [2.24, 2.45) is 5.73 Å². The molecule has 0 aliphatic rings. The largest absolute Gasteiger partial charge is 0.748 e. The quantitative estimate of drug-likeness (QED) is 0.387. The maximum absolute atomic E-state index is 9.51. The van der Waals surface area contributed by atoms with Crippen LogP contribution in [0.1, 0.15) is 0 Å². The van der Waals surface area contributed by atoms with E-state index in [4.69, 9.17) is 10.9 Å². The molecule has 0 fully saturated rings. The number of hydrogen-bond donors (Lipinski definition) is 3. The molecule has 0 unspecified atom stereocenters. The molecule has 7 heavy (non-hydrogen) atoms. The first-order valence-electron chi connectivity index (χ1n) is 1.87. The lowest BCUT2D eigenvalue weighted by Crippen LogP contribution is -2.33. The topological polar surface area (TPSA) is 84.6 Å². The van der Waals surface area contributed by atoms with Crippen LogP contribution >= 0.6 is 0 Å². The molecule has 0 saturated heterocycles. The van der Waals surface area contributed by atoms with Gasteiger partial charge in [0.1, 0.15) is 0 Å². The highest BCUT2D eigenvalue weighted by atomic mass is 16.8. The minimum Gasteiger partial charge on any atom is -0.748 e. The third-order valence-corrected chi connectivity index (χ3v) is 0.391. The number of hydrazine groups is 1.